The molecular weight excluding hydrogens is 231 g/mol. The second-order valence-corrected chi connectivity index (χ2v) is 4.23. The van der Waals surface area contributed by atoms with E-state index in [0.29, 0.717) is 30.6 Å². The zero-order chi connectivity index (χ0) is 11.5. The Balaban J connectivity index is 2.27. The average molecular weight is 245 g/mol. The fourth-order valence-electron chi connectivity index (χ4n) is 1.89. The third kappa shape index (κ3) is 2.28. The Morgan fingerprint density at radius 3 is 3.19 bits per heavy atom. The van der Waals surface area contributed by atoms with E-state index in [1.165, 1.54) is 12.3 Å². The number of hydrogen-bond acceptors (Lipinski definition) is 3. The molecule has 1 atom stereocenters. The van der Waals surface area contributed by atoms with Gasteiger partial charge in [-0.05, 0) is 12.5 Å². The van der Waals surface area contributed by atoms with E-state index in [9.17, 15) is 4.39 Å². The van der Waals surface area contributed by atoms with Gasteiger partial charge in [-0.15, -0.1) is 0 Å². The van der Waals surface area contributed by atoms with E-state index in [0.717, 1.165) is 6.42 Å². The van der Waals surface area contributed by atoms with Gasteiger partial charge in [-0.2, -0.15) is 0 Å². The summed E-state index contributed by atoms with van der Waals surface area (Å²) in [6.45, 7) is 3.96. The Morgan fingerprint density at radius 1 is 1.69 bits per heavy atom. The fourth-order valence-corrected chi connectivity index (χ4v) is 2.04. The largest absolute Gasteiger partial charge is 0.377 e. The number of aromatic nitrogens is 1. The second-order valence-electron chi connectivity index (χ2n) is 3.79. The Labute approximate surface area is 99.2 Å². The molecule has 3 nitrogen and oxygen atoms in total. The van der Waals surface area contributed by atoms with E-state index in [4.69, 9.17) is 16.3 Å². The molecule has 1 aromatic heterocycles. The summed E-state index contributed by atoms with van der Waals surface area (Å²) in [7, 11) is 0. The Kier molecular flexibility index (Phi) is 3.61. The minimum Gasteiger partial charge on any atom is -0.377 e. The number of rotatable bonds is 2. The molecule has 1 unspecified atom stereocenters. The van der Waals surface area contributed by atoms with E-state index in [2.05, 4.69) is 11.9 Å². The van der Waals surface area contributed by atoms with Crippen molar-refractivity contribution in [2.45, 2.75) is 19.4 Å². The van der Waals surface area contributed by atoms with Crippen LogP contribution in [0, 0.1) is 5.82 Å². The van der Waals surface area contributed by atoms with Gasteiger partial charge in [0.1, 0.15) is 0 Å². The van der Waals surface area contributed by atoms with Crippen LogP contribution in [0.5, 0.6) is 0 Å². The van der Waals surface area contributed by atoms with E-state index in [1.807, 2.05) is 4.90 Å². The van der Waals surface area contributed by atoms with Gasteiger partial charge >= 0.3 is 0 Å². The van der Waals surface area contributed by atoms with Crippen LogP contribution in [0.3, 0.4) is 0 Å². The molecule has 5 heteroatoms. The highest BCUT2D eigenvalue weighted by Crippen LogP contribution is 2.24. The van der Waals surface area contributed by atoms with Crippen LogP contribution in [0.2, 0.25) is 5.02 Å². The van der Waals surface area contributed by atoms with Gasteiger partial charge in [-0.1, -0.05) is 18.5 Å². The smallest absolute Gasteiger partial charge is 0.167 e. The van der Waals surface area contributed by atoms with Crippen LogP contribution < -0.4 is 4.90 Å². The summed E-state index contributed by atoms with van der Waals surface area (Å²) in [6.07, 6.45) is 2.38. The third-order valence-corrected chi connectivity index (χ3v) is 2.97. The first-order valence-corrected chi connectivity index (χ1v) is 5.75. The standard InChI is InChI=1S/C11H14ClFN2O/c1-2-9-7-16-4-3-15(9)11-10(13)5-8(12)6-14-11/h5-6,9H,2-4,7H2,1H3. The highest BCUT2D eigenvalue weighted by atomic mass is 35.5. The van der Waals surface area contributed by atoms with Crippen LogP contribution in [0.15, 0.2) is 12.3 Å². The summed E-state index contributed by atoms with van der Waals surface area (Å²) in [5.74, 6) is 0.00685. The minimum absolute atomic E-state index is 0.192. The topological polar surface area (TPSA) is 25.4 Å². The van der Waals surface area contributed by atoms with Gasteiger partial charge in [0, 0.05) is 12.7 Å². The van der Waals surface area contributed by atoms with Crippen LogP contribution in [0.1, 0.15) is 13.3 Å². The Morgan fingerprint density at radius 2 is 2.50 bits per heavy atom. The molecule has 0 spiro atoms. The summed E-state index contributed by atoms with van der Waals surface area (Å²) in [4.78, 5) is 6.02. The number of pyridine rings is 1. The van der Waals surface area contributed by atoms with Crippen molar-refractivity contribution in [2.24, 2.45) is 0 Å². The summed E-state index contributed by atoms with van der Waals surface area (Å²) in [5.41, 5.74) is 0. The molecule has 0 bridgehead atoms. The van der Waals surface area contributed by atoms with Crippen LogP contribution in [-0.4, -0.2) is 30.8 Å². The van der Waals surface area contributed by atoms with Crippen LogP contribution in [0.25, 0.3) is 0 Å². The summed E-state index contributed by atoms with van der Waals surface area (Å²) in [6, 6.07) is 1.49. The molecule has 1 fully saturated rings. The molecule has 1 aromatic rings. The maximum Gasteiger partial charge on any atom is 0.167 e. The number of ether oxygens (including phenoxy) is 1. The van der Waals surface area contributed by atoms with Crippen LogP contribution >= 0.6 is 11.6 Å². The minimum atomic E-state index is -0.368. The molecule has 1 aliphatic rings. The molecule has 0 radical (unpaired) electrons. The van der Waals surface area contributed by atoms with E-state index >= 15 is 0 Å². The number of morpholine rings is 1. The zero-order valence-corrected chi connectivity index (χ0v) is 9.88. The maximum absolute atomic E-state index is 13.7. The molecule has 1 aliphatic heterocycles. The molecule has 16 heavy (non-hydrogen) atoms. The van der Waals surface area contributed by atoms with Gasteiger partial charge in [0.15, 0.2) is 11.6 Å². The molecule has 2 heterocycles. The second kappa shape index (κ2) is 4.97. The van der Waals surface area contributed by atoms with Gasteiger partial charge in [0.05, 0.1) is 24.3 Å². The molecule has 0 amide bonds. The lowest BCUT2D eigenvalue weighted by molar-refractivity contribution is 0.0921. The Bertz CT molecular complexity index is 375. The molecule has 88 valence electrons. The summed E-state index contributed by atoms with van der Waals surface area (Å²) < 4.78 is 19.1. The highest BCUT2D eigenvalue weighted by Gasteiger charge is 2.24. The van der Waals surface area contributed by atoms with Crippen molar-refractivity contribution in [1.82, 2.24) is 4.98 Å². The van der Waals surface area contributed by atoms with Gasteiger partial charge < -0.3 is 9.64 Å². The third-order valence-electron chi connectivity index (χ3n) is 2.76. The normalized spacial score (nSPS) is 21.2. The van der Waals surface area contributed by atoms with Crippen molar-refractivity contribution in [1.29, 1.82) is 0 Å². The van der Waals surface area contributed by atoms with Gasteiger partial charge in [0.2, 0.25) is 0 Å². The van der Waals surface area contributed by atoms with Gasteiger partial charge in [0.25, 0.3) is 0 Å². The van der Waals surface area contributed by atoms with Crippen molar-refractivity contribution >= 4 is 17.4 Å². The SMILES string of the molecule is CCC1COCCN1c1ncc(Cl)cc1F. The first-order valence-electron chi connectivity index (χ1n) is 5.37. The number of halogens is 2. The molecule has 0 N–H and O–H groups in total. The first-order chi connectivity index (χ1) is 7.72. The quantitative estimate of drug-likeness (QED) is 0.799. The van der Waals surface area contributed by atoms with Gasteiger partial charge in [-0.25, -0.2) is 9.37 Å². The predicted molar refractivity (Wildman–Crippen MR) is 61.4 cm³/mol. The first kappa shape index (κ1) is 11.6. The molecule has 0 aliphatic carbocycles. The average Bonchev–Trinajstić information content (AvgIpc) is 2.29. The molecule has 1 saturated heterocycles. The van der Waals surface area contributed by atoms with Crippen molar-refractivity contribution in [3.8, 4) is 0 Å². The Hall–Kier alpha value is -0.870. The van der Waals surface area contributed by atoms with Crippen molar-refractivity contribution in [2.75, 3.05) is 24.7 Å². The molecular formula is C11H14ClFN2O. The maximum atomic E-state index is 13.7. The number of hydrogen-bond donors (Lipinski definition) is 0. The fraction of sp³-hybridized carbons (Fsp3) is 0.545. The van der Waals surface area contributed by atoms with Crippen molar-refractivity contribution in [3.63, 3.8) is 0 Å². The summed E-state index contributed by atoms with van der Waals surface area (Å²) >= 11 is 5.68. The van der Waals surface area contributed by atoms with Crippen LogP contribution in [-0.2, 0) is 4.74 Å². The zero-order valence-electron chi connectivity index (χ0n) is 9.12. The lowest BCUT2D eigenvalue weighted by Gasteiger charge is -2.36. The van der Waals surface area contributed by atoms with E-state index in [1.54, 1.807) is 0 Å². The van der Waals surface area contributed by atoms with E-state index < -0.39 is 0 Å². The monoisotopic (exact) mass is 244 g/mol. The molecule has 2 rings (SSSR count). The predicted octanol–water partition coefficient (Wildman–Crippen LogP) is 2.49. The van der Waals surface area contributed by atoms with Crippen LogP contribution in [0.4, 0.5) is 10.2 Å². The molecule has 0 aromatic carbocycles. The lowest BCUT2D eigenvalue weighted by Crippen LogP contribution is -2.46. The number of anilines is 1. The van der Waals surface area contributed by atoms with Crippen molar-refractivity contribution < 1.29 is 9.13 Å². The highest BCUT2D eigenvalue weighted by molar-refractivity contribution is 6.30. The van der Waals surface area contributed by atoms with Crippen molar-refractivity contribution in [3.05, 3.63) is 23.1 Å². The van der Waals surface area contributed by atoms with E-state index in [-0.39, 0.29) is 11.9 Å². The van der Waals surface area contributed by atoms with Gasteiger partial charge in [-0.3, -0.25) is 0 Å². The lowest BCUT2D eigenvalue weighted by atomic mass is 10.1. The number of nitrogens with zero attached hydrogens (tertiary/aromatic N) is 2. The summed E-state index contributed by atoms with van der Waals surface area (Å²) in [5, 5.41) is 0.322. The molecule has 0 saturated carbocycles.